The minimum Gasteiger partial charge on any atom is -0.356 e. The van der Waals surface area contributed by atoms with Gasteiger partial charge in [-0.15, -0.1) is 0 Å². The van der Waals surface area contributed by atoms with Gasteiger partial charge in [-0.2, -0.15) is 0 Å². The second kappa shape index (κ2) is 6.35. The van der Waals surface area contributed by atoms with Crippen LogP contribution in [0.4, 0.5) is 10.6 Å². The third-order valence-electron chi connectivity index (χ3n) is 4.70. The Labute approximate surface area is 153 Å². The molecule has 2 aromatic heterocycles. The number of nitrogens with one attached hydrogen (secondary N) is 2. The number of barbiturate groups is 1. The van der Waals surface area contributed by atoms with Gasteiger partial charge in [-0.1, -0.05) is 6.07 Å². The third-order valence-corrected chi connectivity index (χ3v) is 4.70. The van der Waals surface area contributed by atoms with E-state index in [9.17, 15) is 19.2 Å². The highest BCUT2D eigenvalue weighted by Crippen LogP contribution is 2.24. The number of hydrogen-bond acceptors (Lipinski definition) is 6. The molecule has 2 aliphatic rings. The van der Waals surface area contributed by atoms with Crippen LogP contribution in [-0.4, -0.2) is 40.3 Å². The molecule has 9 heteroatoms. The fraction of sp³-hybridized carbons (Fsp3) is 0.278. The number of pyridine rings is 1. The zero-order chi connectivity index (χ0) is 19.1. The molecular formula is C18H17N5O4. The van der Waals surface area contributed by atoms with E-state index in [1.54, 1.807) is 12.3 Å². The highest BCUT2D eigenvalue weighted by atomic mass is 16.2. The molecule has 2 fully saturated rings. The molecule has 0 atom stereocenters. The Morgan fingerprint density at radius 2 is 1.74 bits per heavy atom. The number of nitrogens with zero attached hydrogens (tertiary/aromatic N) is 3. The van der Waals surface area contributed by atoms with E-state index >= 15 is 0 Å². The first kappa shape index (κ1) is 17.0. The smallest absolute Gasteiger partial charge is 0.328 e. The number of imide groups is 2. The van der Waals surface area contributed by atoms with Crippen molar-refractivity contribution in [3.05, 3.63) is 45.4 Å². The summed E-state index contributed by atoms with van der Waals surface area (Å²) in [4.78, 5) is 55.2. The monoisotopic (exact) mass is 367 g/mol. The zero-order valence-corrected chi connectivity index (χ0v) is 14.6. The fourth-order valence-electron chi connectivity index (χ4n) is 3.35. The van der Waals surface area contributed by atoms with Gasteiger partial charge in [-0.25, -0.2) is 9.78 Å². The summed E-state index contributed by atoms with van der Waals surface area (Å²) in [6.45, 7) is 3.34. The van der Waals surface area contributed by atoms with Gasteiger partial charge in [0.15, 0.2) is 0 Å². The normalized spacial score (nSPS) is 17.3. The molecule has 2 aliphatic heterocycles. The van der Waals surface area contributed by atoms with Crippen molar-refractivity contribution in [3.63, 3.8) is 0 Å². The average molecular weight is 367 g/mol. The molecule has 2 aromatic rings. The maximum atomic E-state index is 13.1. The van der Waals surface area contributed by atoms with Crippen molar-refractivity contribution in [2.24, 2.45) is 0 Å². The Hall–Kier alpha value is -3.49. The van der Waals surface area contributed by atoms with Gasteiger partial charge in [0.25, 0.3) is 17.4 Å². The Morgan fingerprint density at radius 3 is 2.41 bits per heavy atom. The molecule has 0 unspecified atom stereocenters. The summed E-state index contributed by atoms with van der Waals surface area (Å²) >= 11 is 0. The number of carbonyl (C=O) groups is 3. The first-order valence-corrected chi connectivity index (χ1v) is 8.61. The molecule has 4 heterocycles. The lowest BCUT2D eigenvalue weighted by Gasteiger charge is -2.20. The van der Waals surface area contributed by atoms with Gasteiger partial charge >= 0.3 is 6.03 Å². The minimum atomic E-state index is -0.883. The van der Waals surface area contributed by atoms with Crippen molar-refractivity contribution in [1.82, 2.24) is 20.0 Å². The highest BCUT2D eigenvalue weighted by molar-refractivity contribution is 6.31. The molecular weight excluding hydrogens is 350 g/mol. The SMILES string of the molecule is Cc1cccn2c(=O)c(C=C3C(=O)NC(=O)NC3=O)c(N3CCCC3)nc12. The van der Waals surface area contributed by atoms with Crippen LogP contribution >= 0.6 is 0 Å². The molecule has 2 N–H and O–H groups in total. The molecule has 0 radical (unpaired) electrons. The van der Waals surface area contributed by atoms with E-state index in [1.165, 1.54) is 10.5 Å². The largest absolute Gasteiger partial charge is 0.356 e. The molecule has 0 aliphatic carbocycles. The second-order valence-corrected chi connectivity index (χ2v) is 6.53. The summed E-state index contributed by atoms with van der Waals surface area (Å²) in [6, 6.07) is 2.71. The van der Waals surface area contributed by atoms with Crippen LogP contribution in [-0.2, 0) is 9.59 Å². The highest BCUT2D eigenvalue weighted by Gasteiger charge is 2.29. The Kier molecular flexibility index (Phi) is 3.98. The maximum absolute atomic E-state index is 13.1. The van der Waals surface area contributed by atoms with Crippen LogP contribution in [0.25, 0.3) is 11.7 Å². The average Bonchev–Trinajstić information content (AvgIpc) is 3.14. The first-order valence-electron chi connectivity index (χ1n) is 8.61. The van der Waals surface area contributed by atoms with Crippen LogP contribution in [0.2, 0.25) is 0 Å². The zero-order valence-electron chi connectivity index (χ0n) is 14.6. The number of amides is 4. The number of fused-ring (bicyclic) bond motifs is 1. The van der Waals surface area contributed by atoms with Crippen molar-refractivity contribution in [2.45, 2.75) is 19.8 Å². The van der Waals surface area contributed by atoms with Crippen molar-refractivity contribution < 1.29 is 14.4 Å². The van der Waals surface area contributed by atoms with Gasteiger partial charge < -0.3 is 4.90 Å². The van der Waals surface area contributed by atoms with Crippen LogP contribution in [0.1, 0.15) is 24.0 Å². The summed E-state index contributed by atoms with van der Waals surface area (Å²) in [5.74, 6) is -1.24. The maximum Gasteiger partial charge on any atom is 0.328 e. The molecule has 138 valence electrons. The summed E-state index contributed by atoms with van der Waals surface area (Å²) in [7, 11) is 0. The molecule has 0 spiro atoms. The molecule has 0 aromatic carbocycles. The minimum absolute atomic E-state index is 0.148. The lowest BCUT2D eigenvalue weighted by atomic mass is 10.1. The van der Waals surface area contributed by atoms with Crippen molar-refractivity contribution >= 4 is 35.4 Å². The molecule has 4 rings (SSSR count). The molecule has 9 nitrogen and oxygen atoms in total. The Balaban J connectivity index is 1.97. The number of aryl methyl sites for hydroxylation is 1. The Morgan fingerprint density at radius 1 is 1.07 bits per heavy atom. The number of urea groups is 1. The van der Waals surface area contributed by atoms with Crippen LogP contribution < -0.4 is 21.1 Å². The number of carbonyl (C=O) groups excluding carboxylic acids is 3. The van der Waals surface area contributed by atoms with Gasteiger partial charge in [-0.05, 0) is 37.5 Å². The van der Waals surface area contributed by atoms with Gasteiger partial charge in [0.2, 0.25) is 0 Å². The number of rotatable bonds is 2. The third kappa shape index (κ3) is 2.86. The lowest BCUT2D eigenvalue weighted by molar-refractivity contribution is -0.123. The molecule has 0 saturated carbocycles. The predicted molar refractivity (Wildman–Crippen MR) is 97.3 cm³/mol. The first-order chi connectivity index (χ1) is 13.0. The van der Waals surface area contributed by atoms with Crippen molar-refractivity contribution in [2.75, 3.05) is 18.0 Å². The molecule has 0 bridgehead atoms. The molecule has 2 saturated heterocycles. The van der Waals surface area contributed by atoms with Gasteiger partial charge in [-0.3, -0.25) is 29.4 Å². The number of hydrogen-bond donors (Lipinski definition) is 2. The van der Waals surface area contributed by atoms with Crippen LogP contribution in [0.5, 0.6) is 0 Å². The van der Waals surface area contributed by atoms with E-state index in [1.807, 2.05) is 28.5 Å². The summed E-state index contributed by atoms with van der Waals surface area (Å²) < 4.78 is 1.39. The number of anilines is 1. The van der Waals surface area contributed by atoms with E-state index in [2.05, 4.69) is 4.98 Å². The van der Waals surface area contributed by atoms with E-state index in [0.29, 0.717) is 11.5 Å². The van der Waals surface area contributed by atoms with Crippen LogP contribution in [0.3, 0.4) is 0 Å². The fourth-order valence-corrected chi connectivity index (χ4v) is 3.35. The predicted octanol–water partition coefficient (Wildman–Crippen LogP) is 0.353. The van der Waals surface area contributed by atoms with E-state index in [-0.39, 0.29) is 16.7 Å². The van der Waals surface area contributed by atoms with Crippen LogP contribution in [0, 0.1) is 6.92 Å². The standard InChI is InChI=1S/C18H17N5O4/c1-10-5-4-8-23-13(10)19-14(22-6-2-3-7-22)11(17(23)26)9-12-15(24)20-18(27)21-16(12)25/h4-5,8-9H,2-3,6-7H2,1H3,(H2,20,21,24,25,27). The summed E-state index contributed by atoms with van der Waals surface area (Å²) in [5.41, 5.74) is 0.832. The quantitative estimate of drug-likeness (QED) is 0.585. The van der Waals surface area contributed by atoms with E-state index in [4.69, 9.17) is 0 Å². The lowest BCUT2D eigenvalue weighted by Crippen LogP contribution is -2.51. The summed E-state index contributed by atoms with van der Waals surface area (Å²) in [6.07, 6.45) is 4.76. The topological polar surface area (TPSA) is 113 Å². The van der Waals surface area contributed by atoms with E-state index in [0.717, 1.165) is 31.5 Å². The van der Waals surface area contributed by atoms with Gasteiger partial charge in [0.1, 0.15) is 17.0 Å². The van der Waals surface area contributed by atoms with E-state index < -0.39 is 17.8 Å². The molecule has 27 heavy (non-hydrogen) atoms. The Bertz CT molecular complexity index is 1060. The number of aromatic nitrogens is 2. The second-order valence-electron chi connectivity index (χ2n) is 6.53. The van der Waals surface area contributed by atoms with Crippen molar-refractivity contribution in [3.8, 4) is 0 Å². The van der Waals surface area contributed by atoms with Gasteiger partial charge in [0, 0.05) is 19.3 Å². The van der Waals surface area contributed by atoms with Crippen LogP contribution in [0.15, 0.2) is 28.7 Å². The summed E-state index contributed by atoms with van der Waals surface area (Å²) in [5, 5.41) is 4.03. The molecule has 4 amide bonds. The van der Waals surface area contributed by atoms with Crippen molar-refractivity contribution in [1.29, 1.82) is 0 Å². The van der Waals surface area contributed by atoms with Gasteiger partial charge in [0.05, 0.1) is 5.56 Å².